The number of rotatable bonds is 5. The molecule has 10 rings (SSSR count). The van der Waals surface area contributed by atoms with Crippen molar-refractivity contribution in [3.05, 3.63) is 194 Å². The van der Waals surface area contributed by atoms with Gasteiger partial charge in [0.2, 0.25) is 0 Å². The number of fused-ring (bicyclic) bond motifs is 7. The van der Waals surface area contributed by atoms with E-state index in [-0.39, 0.29) is 110 Å². The molecule has 2 aromatic heterocycles. The van der Waals surface area contributed by atoms with Gasteiger partial charge in [0.05, 0.1) is 39.9 Å². The van der Waals surface area contributed by atoms with Crippen molar-refractivity contribution in [2.45, 2.75) is 0 Å². The minimum atomic E-state index is -0.520. The van der Waals surface area contributed by atoms with Gasteiger partial charge >= 0.3 is 0 Å². The second-order valence-electron chi connectivity index (χ2n) is 12.0. The van der Waals surface area contributed by atoms with Crippen molar-refractivity contribution in [3.8, 4) is 44.8 Å². The molecular formula is C48H32N2. The van der Waals surface area contributed by atoms with Crippen LogP contribution >= 0.6 is 0 Å². The molecule has 0 radical (unpaired) electrons. The summed E-state index contributed by atoms with van der Waals surface area (Å²) in [7, 11) is 0. The van der Waals surface area contributed by atoms with Gasteiger partial charge in [-0.05, 0) is 87.9 Å². The SMILES string of the molecule is [2H]c1cc([2H])c2c(c1[2H])c1c3c4c([2H])c([2H])cc([2H])c4n(-c4ccc(-c5c([2H])c([2H])c([2H])c([2H])c5[2H])cc4)c3c([2H])c([2H])c1n2-c1ccc(-c2cccc(-c3ccccc3)c2)cc1. The van der Waals surface area contributed by atoms with Crippen LogP contribution in [0.2, 0.25) is 0 Å². The second kappa shape index (κ2) is 11.5. The number of benzene rings is 8. The van der Waals surface area contributed by atoms with Gasteiger partial charge in [-0.2, -0.15) is 0 Å². The van der Waals surface area contributed by atoms with Crippen molar-refractivity contribution in [3.63, 3.8) is 0 Å². The molecule has 234 valence electrons. The highest BCUT2D eigenvalue weighted by molar-refractivity contribution is 6.28. The molecule has 0 N–H and O–H groups in total. The largest absolute Gasteiger partial charge is 0.309 e. The standard InChI is InChI=1S/C48H32N2/c1-3-12-33(13-4-1)35-22-26-39(27-23-35)49-43-20-9-7-18-41(43)47-45(49)30-31-46-48(47)42-19-8-10-21-44(42)50(46)40-28-24-36(25-29-40)38-17-11-16-37(32-38)34-14-5-2-6-15-34/h1-32H/i1D,3D,4D,7D,8D,12D,13D,18D,19D,20D,21D,30D,31D. The van der Waals surface area contributed by atoms with Gasteiger partial charge in [0.1, 0.15) is 0 Å². The first kappa shape index (κ1) is 18.2. The molecule has 0 unspecified atom stereocenters. The summed E-state index contributed by atoms with van der Waals surface area (Å²) in [6, 6.07) is 30.4. The third-order valence-corrected chi connectivity index (χ3v) is 9.19. The third kappa shape index (κ3) is 4.50. The number of aromatic nitrogens is 2. The topological polar surface area (TPSA) is 9.86 Å². The van der Waals surface area contributed by atoms with Crippen LogP contribution in [0.4, 0.5) is 0 Å². The van der Waals surface area contributed by atoms with Crippen molar-refractivity contribution in [1.82, 2.24) is 9.13 Å². The van der Waals surface area contributed by atoms with E-state index in [1.807, 2.05) is 72.8 Å². The fraction of sp³-hybridized carbons (Fsp3) is 0. The van der Waals surface area contributed by atoms with Crippen molar-refractivity contribution < 1.29 is 17.8 Å². The van der Waals surface area contributed by atoms with E-state index in [4.69, 9.17) is 9.60 Å². The smallest absolute Gasteiger partial charge is 0.0646 e. The Morgan fingerprint density at radius 2 is 0.800 bits per heavy atom. The maximum Gasteiger partial charge on any atom is 0.0646 e. The van der Waals surface area contributed by atoms with Crippen LogP contribution in [-0.4, -0.2) is 9.13 Å². The molecule has 0 bridgehead atoms. The fourth-order valence-electron chi connectivity index (χ4n) is 6.93. The first-order valence-electron chi connectivity index (χ1n) is 22.6. The van der Waals surface area contributed by atoms with Gasteiger partial charge in [-0.15, -0.1) is 0 Å². The summed E-state index contributed by atoms with van der Waals surface area (Å²) in [5.41, 5.74) is 5.78. The predicted octanol–water partition coefficient (Wildman–Crippen LogP) is 12.9. The maximum atomic E-state index is 9.69. The molecule has 0 aliphatic heterocycles. The molecule has 2 heteroatoms. The average molecular weight is 650 g/mol. The molecule has 10 aromatic rings. The molecule has 0 aliphatic carbocycles. The Balaban J connectivity index is 1.27. The summed E-state index contributed by atoms with van der Waals surface area (Å²) in [5.74, 6) is 0. The Bertz CT molecular complexity index is 3550. The summed E-state index contributed by atoms with van der Waals surface area (Å²) in [6.45, 7) is 0. The predicted molar refractivity (Wildman–Crippen MR) is 211 cm³/mol. The molecule has 0 saturated carbocycles. The summed E-state index contributed by atoms with van der Waals surface area (Å²) in [5, 5.41) is 0.702. The average Bonchev–Trinajstić information content (AvgIpc) is 3.84. The zero-order valence-electron chi connectivity index (χ0n) is 39.4. The van der Waals surface area contributed by atoms with Crippen LogP contribution in [0.3, 0.4) is 0 Å². The van der Waals surface area contributed by atoms with Crippen LogP contribution in [-0.2, 0) is 0 Å². The van der Waals surface area contributed by atoms with Crippen molar-refractivity contribution in [2.75, 3.05) is 0 Å². The van der Waals surface area contributed by atoms with Crippen LogP contribution in [0, 0.1) is 0 Å². The first-order chi connectivity index (χ1) is 30.2. The number of nitrogens with zero attached hydrogens (tertiary/aromatic N) is 2. The summed E-state index contributed by atoms with van der Waals surface area (Å²) >= 11 is 0. The Labute approximate surface area is 309 Å². The minimum Gasteiger partial charge on any atom is -0.309 e. The van der Waals surface area contributed by atoms with Crippen LogP contribution in [0.15, 0.2) is 194 Å². The molecule has 50 heavy (non-hydrogen) atoms. The molecule has 0 atom stereocenters. The lowest BCUT2D eigenvalue weighted by molar-refractivity contribution is 1.17. The monoisotopic (exact) mass is 649 g/mol. The van der Waals surface area contributed by atoms with Gasteiger partial charge in [-0.1, -0.05) is 139 Å². The van der Waals surface area contributed by atoms with Crippen LogP contribution < -0.4 is 0 Å². The van der Waals surface area contributed by atoms with Crippen molar-refractivity contribution in [1.29, 1.82) is 0 Å². The van der Waals surface area contributed by atoms with E-state index in [1.165, 1.54) is 12.1 Å². The van der Waals surface area contributed by atoms with E-state index in [9.17, 15) is 8.22 Å². The Kier molecular flexibility index (Phi) is 4.19. The maximum absolute atomic E-state index is 9.69. The Morgan fingerprint density at radius 1 is 0.320 bits per heavy atom. The van der Waals surface area contributed by atoms with E-state index < -0.39 is 18.1 Å². The zero-order chi connectivity index (χ0) is 44.3. The highest BCUT2D eigenvalue weighted by Gasteiger charge is 2.20. The molecule has 0 spiro atoms. The van der Waals surface area contributed by atoms with E-state index >= 15 is 0 Å². The molecule has 8 aromatic carbocycles. The van der Waals surface area contributed by atoms with Crippen molar-refractivity contribution in [2.24, 2.45) is 0 Å². The quantitative estimate of drug-likeness (QED) is 0.176. The van der Waals surface area contributed by atoms with E-state index in [2.05, 4.69) is 6.07 Å². The van der Waals surface area contributed by atoms with Crippen LogP contribution in [0.25, 0.3) is 88.4 Å². The van der Waals surface area contributed by atoms with E-state index in [0.29, 0.717) is 16.9 Å². The molecule has 2 heterocycles. The van der Waals surface area contributed by atoms with Crippen LogP contribution in [0.5, 0.6) is 0 Å². The number of hydrogen-bond acceptors (Lipinski definition) is 0. The van der Waals surface area contributed by atoms with Crippen LogP contribution in [0.1, 0.15) is 17.8 Å². The Hall–Kier alpha value is -6.64. The molecule has 0 fully saturated rings. The number of para-hydroxylation sites is 2. The second-order valence-corrected chi connectivity index (χ2v) is 12.0. The highest BCUT2D eigenvalue weighted by atomic mass is 15.0. The van der Waals surface area contributed by atoms with E-state index in [0.717, 1.165) is 22.3 Å². The lowest BCUT2D eigenvalue weighted by Crippen LogP contribution is -1.95. The molecule has 0 amide bonds. The lowest BCUT2D eigenvalue weighted by Gasteiger charge is -2.11. The van der Waals surface area contributed by atoms with Gasteiger partial charge < -0.3 is 9.13 Å². The minimum absolute atomic E-state index is 0.0125. The normalized spacial score (nSPS) is 15.2. The highest BCUT2D eigenvalue weighted by Crippen LogP contribution is 2.42. The van der Waals surface area contributed by atoms with Gasteiger partial charge in [0.15, 0.2) is 0 Å². The van der Waals surface area contributed by atoms with Gasteiger partial charge in [0.25, 0.3) is 0 Å². The van der Waals surface area contributed by atoms with E-state index in [1.54, 1.807) is 33.4 Å². The first-order valence-corrected chi connectivity index (χ1v) is 16.1. The van der Waals surface area contributed by atoms with Gasteiger partial charge in [0, 0.05) is 32.9 Å². The molecule has 0 saturated heterocycles. The zero-order valence-corrected chi connectivity index (χ0v) is 26.4. The lowest BCUT2D eigenvalue weighted by atomic mass is 9.99. The molecule has 0 aliphatic rings. The fourth-order valence-corrected chi connectivity index (χ4v) is 6.93. The third-order valence-electron chi connectivity index (χ3n) is 9.19. The van der Waals surface area contributed by atoms with Gasteiger partial charge in [-0.25, -0.2) is 0 Å². The Morgan fingerprint density at radius 3 is 1.34 bits per heavy atom. The summed E-state index contributed by atoms with van der Waals surface area (Å²) < 4.78 is 118. The molecular weight excluding hydrogens is 605 g/mol. The summed E-state index contributed by atoms with van der Waals surface area (Å²) in [4.78, 5) is 0. The molecule has 2 nitrogen and oxygen atoms in total. The summed E-state index contributed by atoms with van der Waals surface area (Å²) in [6.07, 6.45) is 0. The van der Waals surface area contributed by atoms with Crippen molar-refractivity contribution >= 4 is 43.6 Å². The number of hydrogen-bond donors (Lipinski definition) is 0. The van der Waals surface area contributed by atoms with Gasteiger partial charge in [-0.3, -0.25) is 0 Å².